The van der Waals surface area contributed by atoms with Crippen molar-refractivity contribution in [3.05, 3.63) is 60.2 Å². The van der Waals surface area contributed by atoms with E-state index in [9.17, 15) is 13.0 Å². The van der Waals surface area contributed by atoms with E-state index in [4.69, 9.17) is 0 Å². The third-order valence-electron chi connectivity index (χ3n) is 3.53. The van der Waals surface area contributed by atoms with Crippen molar-refractivity contribution < 1.29 is 17.7 Å². The summed E-state index contributed by atoms with van der Waals surface area (Å²) in [5.74, 6) is 1.06. The van der Waals surface area contributed by atoms with Gasteiger partial charge >= 0.3 is 6.61 Å². The van der Waals surface area contributed by atoms with Crippen LogP contribution in [-0.4, -0.2) is 35.6 Å². The lowest BCUT2D eigenvalue weighted by Crippen LogP contribution is -2.39. The lowest BCUT2D eigenvalue weighted by Gasteiger charge is -2.12. The molecule has 0 saturated heterocycles. The van der Waals surface area contributed by atoms with E-state index in [2.05, 4.69) is 20.4 Å². The van der Waals surface area contributed by atoms with Crippen molar-refractivity contribution in [3.63, 3.8) is 0 Å². The number of aliphatic imine (C=N–C) groups is 1. The van der Waals surface area contributed by atoms with E-state index in [1.54, 1.807) is 18.2 Å². The summed E-state index contributed by atoms with van der Waals surface area (Å²) >= 11 is 0. The maximum atomic E-state index is 12.5. The number of alkyl halides is 2. The summed E-state index contributed by atoms with van der Waals surface area (Å²) in [6.07, 6.45) is 0. The fraction of sp³-hybridized carbons (Fsp3) is 0.316. The summed E-state index contributed by atoms with van der Waals surface area (Å²) in [6, 6.07) is 15.8. The van der Waals surface area contributed by atoms with Crippen LogP contribution >= 0.6 is 0 Å². The molecule has 2 aromatic rings. The predicted octanol–water partition coefficient (Wildman–Crippen LogP) is 3.15. The molecule has 0 amide bonds. The first-order valence-corrected chi connectivity index (χ1v) is 9.90. The highest BCUT2D eigenvalue weighted by Gasteiger charge is 2.09. The summed E-state index contributed by atoms with van der Waals surface area (Å²) in [4.78, 5) is 5.17. The SMILES string of the molecule is CCNC(=NCc1ccccc1OC(F)F)NCCS(=O)c1ccccc1. The molecule has 2 N–H and O–H groups in total. The zero-order valence-corrected chi connectivity index (χ0v) is 15.8. The molecular weight excluding hydrogens is 372 g/mol. The molecule has 0 bridgehead atoms. The standard InChI is InChI=1S/C19H23F2N3O2S/c1-2-22-19(23-12-13-27(25)16-9-4-3-5-10-16)24-14-15-8-6-7-11-17(15)26-18(20)21/h3-11,18H,2,12-14H2,1H3,(H2,22,23,24). The number of nitrogens with zero attached hydrogens (tertiary/aromatic N) is 1. The molecule has 0 aliphatic rings. The molecule has 0 radical (unpaired) electrons. The van der Waals surface area contributed by atoms with Crippen molar-refractivity contribution in [2.45, 2.75) is 25.0 Å². The van der Waals surface area contributed by atoms with Crippen LogP contribution in [0.5, 0.6) is 5.75 Å². The lowest BCUT2D eigenvalue weighted by atomic mass is 10.2. The van der Waals surface area contributed by atoms with Gasteiger partial charge in [-0.2, -0.15) is 8.78 Å². The van der Waals surface area contributed by atoms with Crippen molar-refractivity contribution in [2.24, 2.45) is 4.99 Å². The summed E-state index contributed by atoms with van der Waals surface area (Å²) < 4.78 is 41.7. The second-order valence-corrected chi connectivity index (χ2v) is 7.04. The Labute approximate surface area is 160 Å². The minimum atomic E-state index is -2.88. The molecule has 0 aliphatic heterocycles. The van der Waals surface area contributed by atoms with E-state index in [0.717, 1.165) is 4.90 Å². The van der Waals surface area contributed by atoms with Crippen LogP contribution in [0.4, 0.5) is 8.78 Å². The lowest BCUT2D eigenvalue weighted by molar-refractivity contribution is -0.0504. The Morgan fingerprint density at radius 1 is 1.11 bits per heavy atom. The highest BCUT2D eigenvalue weighted by molar-refractivity contribution is 7.85. The van der Waals surface area contributed by atoms with Crippen LogP contribution in [0.3, 0.4) is 0 Å². The van der Waals surface area contributed by atoms with Crippen LogP contribution in [0.2, 0.25) is 0 Å². The molecule has 0 aliphatic carbocycles. The predicted molar refractivity (Wildman–Crippen MR) is 104 cm³/mol. The normalized spacial score (nSPS) is 12.7. The van der Waals surface area contributed by atoms with E-state index in [-0.39, 0.29) is 12.3 Å². The first-order chi connectivity index (χ1) is 13.1. The molecular formula is C19H23F2N3O2S. The van der Waals surface area contributed by atoms with Gasteiger partial charge in [0.2, 0.25) is 0 Å². The van der Waals surface area contributed by atoms with Crippen LogP contribution in [0, 0.1) is 0 Å². The average Bonchev–Trinajstić information content (AvgIpc) is 2.67. The second kappa shape index (κ2) is 11.3. The van der Waals surface area contributed by atoms with Crippen molar-refractivity contribution in [1.29, 1.82) is 0 Å². The van der Waals surface area contributed by atoms with Gasteiger partial charge in [-0.1, -0.05) is 36.4 Å². The summed E-state index contributed by atoms with van der Waals surface area (Å²) in [5.41, 5.74) is 0.558. The van der Waals surface area contributed by atoms with Crippen molar-refractivity contribution in [1.82, 2.24) is 10.6 Å². The van der Waals surface area contributed by atoms with Crippen LogP contribution in [0.1, 0.15) is 12.5 Å². The third kappa shape index (κ3) is 7.34. The number of ether oxygens (including phenoxy) is 1. The maximum Gasteiger partial charge on any atom is 0.387 e. The molecule has 0 saturated carbocycles. The molecule has 8 heteroatoms. The molecule has 0 aromatic heterocycles. The minimum Gasteiger partial charge on any atom is -0.434 e. The fourth-order valence-corrected chi connectivity index (χ4v) is 3.29. The number of hydrogen-bond acceptors (Lipinski definition) is 3. The maximum absolute atomic E-state index is 12.5. The molecule has 5 nitrogen and oxygen atoms in total. The van der Waals surface area contributed by atoms with Crippen LogP contribution in [0.25, 0.3) is 0 Å². The van der Waals surface area contributed by atoms with E-state index in [1.165, 1.54) is 6.07 Å². The molecule has 0 spiro atoms. The van der Waals surface area contributed by atoms with Gasteiger partial charge in [0, 0.05) is 29.3 Å². The molecule has 2 rings (SSSR count). The van der Waals surface area contributed by atoms with Crippen LogP contribution in [-0.2, 0) is 17.3 Å². The number of hydrogen-bond donors (Lipinski definition) is 2. The van der Waals surface area contributed by atoms with E-state index in [1.807, 2.05) is 37.3 Å². The summed E-state index contributed by atoms with van der Waals surface area (Å²) in [5, 5.41) is 6.19. The third-order valence-corrected chi connectivity index (χ3v) is 4.90. The Bertz CT molecular complexity index is 758. The van der Waals surface area contributed by atoms with Crippen LogP contribution in [0.15, 0.2) is 64.5 Å². The number of guanidine groups is 1. The quantitative estimate of drug-likeness (QED) is 0.506. The second-order valence-electron chi connectivity index (χ2n) is 5.47. The first-order valence-electron chi connectivity index (χ1n) is 8.58. The smallest absolute Gasteiger partial charge is 0.387 e. The zero-order valence-electron chi connectivity index (χ0n) is 15.0. The van der Waals surface area contributed by atoms with Gasteiger partial charge in [-0.3, -0.25) is 4.21 Å². The summed E-state index contributed by atoms with van der Waals surface area (Å²) in [6.45, 7) is 0.327. The Morgan fingerprint density at radius 3 is 2.52 bits per heavy atom. The summed E-state index contributed by atoms with van der Waals surface area (Å²) in [7, 11) is -1.10. The van der Waals surface area contributed by atoms with Gasteiger partial charge in [0.05, 0.1) is 17.3 Å². The fourth-order valence-electron chi connectivity index (χ4n) is 2.30. The Hall–Kier alpha value is -2.48. The van der Waals surface area contributed by atoms with Gasteiger partial charge in [-0.15, -0.1) is 0 Å². The number of nitrogens with one attached hydrogen (secondary N) is 2. The first kappa shape index (κ1) is 20.8. The Morgan fingerprint density at radius 2 is 1.81 bits per heavy atom. The number of para-hydroxylation sites is 1. The minimum absolute atomic E-state index is 0.109. The molecule has 0 heterocycles. The topological polar surface area (TPSA) is 62.7 Å². The van der Waals surface area contributed by atoms with Gasteiger partial charge in [-0.25, -0.2) is 4.99 Å². The van der Waals surface area contributed by atoms with E-state index in [0.29, 0.717) is 30.4 Å². The van der Waals surface area contributed by atoms with E-state index < -0.39 is 17.4 Å². The highest BCUT2D eigenvalue weighted by atomic mass is 32.2. The Kier molecular flexibility index (Phi) is 8.70. The van der Waals surface area contributed by atoms with Gasteiger partial charge in [-0.05, 0) is 25.1 Å². The molecule has 27 heavy (non-hydrogen) atoms. The van der Waals surface area contributed by atoms with Crippen LogP contribution < -0.4 is 15.4 Å². The van der Waals surface area contributed by atoms with Gasteiger partial charge < -0.3 is 15.4 Å². The van der Waals surface area contributed by atoms with E-state index >= 15 is 0 Å². The largest absolute Gasteiger partial charge is 0.434 e. The number of halogens is 2. The molecule has 146 valence electrons. The van der Waals surface area contributed by atoms with Gasteiger partial charge in [0.25, 0.3) is 0 Å². The zero-order chi connectivity index (χ0) is 19.5. The van der Waals surface area contributed by atoms with Crippen molar-refractivity contribution in [3.8, 4) is 5.75 Å². The van der Waals surface area contributed by atoms with Gasteiger partial charge in [0.1, 0.15) is 5.75 Å². The highest BCUT2D eigenvalue weighted by Crippen LogP contribution is 2.20. The van der Waals surface area contributed by atoms with Crippen molar-refractivity contribution >= 4 is 16.8 Å². The number of rotatable bonds is 9. The molecule has 0 fully saturated rings. The number of benzene rings is 2. The Balaban J connectivity index is 1.93. The monoisotopic (exact) mass is 395 g/mol. The molecule has 1 unspecified atom stereocenters. The average molecular weight is 395 g/mol. The van der Waals surface area contributed by atoms with Gasteiger partial charge in [0.15, 0.2) is 5.96 Å². The molecule has 1 atom stereocenters. The molecule has 2 aromatic carbocycles. The van der Waals surface area contributed by atoms with Crippen molar-refractivity contribution in [2.75, 3.05) is 18.8 Å².